The highest BCUT2D eigenvalue weighted by Crippen LogP contribution is 2.24. The average Bonchev–Trinajstić information content (AvgIpc) is 2.35. The second-order valence-corrected chi connectivity index (χ2v) is 3.96. The molecule has 0 radical (unpaired) electrons. The number of halogens is 2. The Morgan fingerprint density at radius 3 is 2.83 bits per heavy atom. The van der Waals surface area contributed by atoms with Crippen LogP contribution in [0.15, 0.2) is 30.5 Å². The van der Waals surface area contributed by atoms with Crippen LogP contribution in [0.5, 0.6) is 0 Å². The summed E-state index contributed by atoms with van der Waals surface area (Å²) in [4.78, 5) is 4.01. The van der Waals surface area contributed by atoms with Crippen molar-refractivity contribution < 1.29 is 4.39 Å². The van der Waals surface area contributed by atoms with Crippen molar-refractivity contribution in [3.8, 4) is 6.07 Å². The molecule has 0 aliphatic heterocycles. The Hall–Kier alpha value is -2.32. The monoisotopic (exact) mass is 262 g/mol. The molecular weight excluding hydrogens is 255 g/mol. The minimum Gasteiger partial charge on any atom is -0.396 e. The number of hydrogen-bond acceptors (Lipinski definition) is 4. The Labute approximate surface area is 108 Å². The van der Waals surface area contributed by atoms with Crippen molar-refractivity contribution >= 4 is 28.8 Å². The molecule has 3 N–H and O–H groups in total. The van der Waals surface area contributed by atoms with Crippen molar-refractivity contribution in [1.29, 1.82) is 5.26 Å². The van der Waals surface area contributed by atoms with Gasteiger partial charge in [0.1, 0.15) is 11.9 Å². The second-order valence-electron chi connectivity index (χ2n) is 3.52. The number of nitrogens with zero attached hydrogens (tertiary/aromatic N) is 2. The number of pyridine rings is 1. The van der Waals surface area contributed by atoms with Crippen LogP contribution in [0.2, 0.25) is 5.02 Å². The zero-order valence-electron chi connectivity index (χ0n) is 9.11. The highest BCUT2D eigenvalue weighted by Gasteiger charge is 2.05. The van der Waals surface area contributed by atoms with Crippen LogP contribution in [0.1, 0.15) is 5.56 Å². The average molecular weight is 263 g/mol. The molecule has 0 amide bonds. The minimum absolute atomic E-state index is 0.0486. The normalized spacial score (nSPS) is 9.83. The molecule has 1 heterocycles. The number of nitrogen functional groups attached to an aromatic ring is 1. The van der Waals surface area contributed by atoms with Crippen LogP contribution < -0.4 is 11.1 Å². The molecule has 1 aromatic heterocycles. The number of benzene rings is 1. The molecule has 0 saturated heterocycles. The maximum absolute atomic E-state index is 13.1. The molecule has 6 heteroatoms. The summed E-state index contributed by atoms with van der Waals surface area (Å²) in [6.07, 6.45) is 1.44. The topological polar surface area (TPSA) is 74.7 Å². The van der Waals surface area contributed by atoms with Crippen molar-refractivity contribution in [2.45, 2.75) is 0 Å². The van der Waals surface area contributed by atoms with Gasteiger partial charge in [-0.1, -0.05) is 11.6 Å². The van der Waals surface area contributed by atoms with E-state index >= 15 is 0 Å². The van der Waals surface area contributed by atoms with E-state index < -0.39 is 5.82 Å². The first kappa shape index (κ1) is 12.1. The van der Waals surface area contributed by atoms with Crippen molar-refractivity contribution in [2.24, 2.45) is 0 Å². The molecule has 2 rings (SSSR count). The van der Waals surface area contributed by atoms with Gasteiger partial charge in [-0.2, -0.15) is 5.26 Å². The fraction of sp³-hybridized carbons (Fsp3) is 0. The molecule has 0 saturated carbocycles. The first-order valence-electron chi connectivity index (χ1n) is 4.98. The van der Waals surface area contributed by atoms with Crippen LogP contribution in [0.4, 0.5) is 21.6 Å². The summed E-state index contributed by atoms with van der Waals surface area (Å²) >= 11 is 5.73. The Morgan fingerprint density at radius 1 is 1.39 bits per heavy atom. The highest BCUT2D eigenvalue weighted by atomic mass is 35.5. The molecule has 2 aromatic rings. The molecular formula is C12H8ClFN4. The summed E-state index contributed by atoms with van der Waals surface area (Å²) in [6, 6.07) is 7.38. The molecule has 0 aliphatic carbocycles. The SMILES string of the molecule is N#Cc1cc(Nc2ncc(Cl)cc2N)ccc1F. The molecule has 0 aliphatic rings. The van der Waals surface area contributed by atoms with Crippen molar-refractivity contribution in [3.63, 3.8) is 0 Å². The number of anilines is 3. The van der Waals surface area contributed by atoms with Gasteiger partial charge in [0, 0.05) is 11.9 Å². The van der Waals surface area contributed by atoms with Crippen molar-refractivity contribution in [2.75, 3.05) is 11.1 Å². The summed E-state index contributed by atoms with van der Waals surface area (Å²) in [5.74, 6) is -0.171. The number of rotatable bonds is 2. The van der Waals surface area contributed by atoms with Crippen LogP contribution in [-0.4, -0.2) is 4.98 Å². The lowest BCUT2D eigenvalue weighted by Gasteiger charge is -2.08. The third kappa shape index (κ3) is 2.50. The molecule has 4 nitrogen and oxygen atoms in total. The standard InChI is InChI=1S/C12H8ClFN4/c13-8-4-11(16)12(17-6-8)18-9-1-2-10(14)7(3-9)5-15/h1-4,6H,16H2,(H,17,18). The van der Waals surface area contributed by atoms with Gasteiger partial charge in [0.25, 0.3) is 0 Å². The minimum atomic E-state index is -0.569. The van der Waals surface area contributed by atoms with Gasteiger partial charge in [-0.3, -0.25) is 0 Å². The van der Waals surface area contributed by atoms with Gasteiger partial charge >= 0.3 is 0 Å². The molecule has 0 bridgehead atoms. The van der Waals surface area contributed by atoms with E-state index in [0.717, 1.165) is 0 Å². The summed E-state index contributed by atoms with van der Waals surface area (Å²) in [7, 11) is 0. The Balaban J connectivity index is 2.32. The van der Waals surface area contributed by atoms with Gasteiger partial charge in [-0.15, -0.1) is 0 Å². The molecule has 0 spiro atoms. The molecule has 90 valence electrons. The molecule has 0 unspecified atom stereocenters. The number of nitrogens with one attached hydrogen (secondary N) is 1. The molecule has 1 aromatic carbocycles. The predicted octanol–water partition coefficient (Wildman–Crippen LogP) is 3.07. The van der Waals surface area contributed by atoms with E-state index in [1.807, 2.05) is 0 Å². The summed E-state index contributed by atoms with van der Waals surface area (Å²) in [6.45, 7) is 0. The largest absolute Gasteiger partial charge is 0.396 e. The Bertz CT molecular complexity index is 636. The molecule has 0 fully saturated rings. The van der Waals surface area contributed by atoms with Crippen LogP contribution in [-0.2, 0) is 0 Å². The van der Waals surface area contributed by atoms with Gasteiger partial charge in [0.05, 0.1) is 16.3 Å². The van der Waals surface area contributed by atoms with Crippen LogP contribution >= 0.6 is 11.6 Å². The Morgan fingerprint density at radius 2 is 2.17 bits per heavy atom. The fourth-order valence-electron chi connectivity index (χ4n) is 1.38. The quantitative estimate of drug-likeness (QED) is 0.872. The van der Waals surface area contributed by atoms with Gasteiger partial charge in [0.2, 0.25) is 0 Å². The van der Waals surface area contributed by atoms with E-state index in [1.165, 1.54) is 24.4 Å². The maximum Gasteiger partial charge on any atom is 0.153 e. The van der Waals surface area contributed by atoms with Gasteiger partial charge < -0.3 is 11.1 Å². The first-order valence-corrected chi connectivity index (χ1v) is 5.35. The number of aromatic nitrogens is 1. The van der Waals surface area contributed by atoms with E-state index in [0.29, 0.717) is 22.2 Å². The van der Waals surface area contributed by atoms with Gasteiger partial charge in [-0.05, 0) is 24.3 Å². The zero-order chi connectivity index (χ0) is 13.1. The zero-order valence-corrected chi connectivity index (χ0v) is 9.87. The predicted molar refractivity (Wildman–Crippen MR) is 68.1 cm³/mol. The van der Waals surface area contributed by atoms with Crippen LogP contribution in [0.3, 0.4) is 0 Å². The van der Waals surface area contributed by atoms with E-state index in [-0.39, 0.29) is 5.56 Å². The number of nitriles is 1. The highest BCUT2D eigenvalue weighted by molar-refractivity contribution is 6.30. The van der Waals surface area contributed by atoms with E-state index in [1.54, 1.807) is 12.1 Å². The van der Waals surface area contributed by atoms with E-state index in [4.69, 9.17) is 22.6 Å². The Kier molecular flexibility index (Phi) is 3.31. The number of hydrogen-bond donors (Lipinski definition) is 2. The summed E-state index contributed by atoms with van der Waals surface area (Å²) in [5, 5.41) is 12.0. The van der Waals surface area contributed by atoms with Crippen LogP contribution in [0.25, 0.3) is 0 Å². The smallest absolute Gasteiger partial charge is 0.153 e. The number of nitrogens with two attached hydrogens (primary N) is 1. The summed E-state index contributed by atoms with van der Waals surface area (Å²) in [5.41, 5.74) is 6.56. The van der Waals surface area contributed by atoms with Crippen LogP contribution in [0, 0.1) is 17.1 Å². The first-order chi connectivity index (χ1) is 8.60. The maximum atomic E-state index is 13.1. The van der Waals surface area contributed by atoms with Crippen molar-refractivity contribution in [1.82, 2.24) is 4.98 Å². The molecule has 0 atom stereocenters. The second kappa shape index (κ2) is 4.90. The van der Waals surface area contributed by atoms with Gasteiger partial charge in [0.15, 0.2) is 5.82 Å². The lowest BCUT2D eigenvalue weighted by molar-refractivity contribution is 0.624. The van der Waals surface area contributed by atoms with E-state index in [2.05, 4.69) is 10.3 Å². The third-order valence-corrected chi connectivity index (χ3v) is 2.44. The van der Waals surface area contributed by atoms with Crippen molar-refractivity contribution in [3.05, 3.63) is 46.9 Å². The molecule has 18 heavy (non-hydrogen) atoms. The fourth-order valence-corrected chi connectivity index (χ4v) is 1.55. The lowest BCUT2D eigenvalue weighted by Crippen LogP contribution is -1.99. The summed E-state index contributed by atoms with van der Waals surface area (Å²) < 4.78 is 13.1. The van der Waals surface area contributed by atoms with E-state index in [9.17, 15) is 4.39 Å². The third-order valence-electron chi connectivity index (χ3n) is 2.23. The van der Waals surface area contributed by atoms with Gasteiger partial charge in [-0.25, -0.2) is 9.37 Å². The lowest BCUT2D eigenvalue weighted by atomic mass is 10.2.